The van der Waals surface area contributed by atoms with Crippen molar-refractivity contribution in [2.75, 3.05) is 0 Å². The summed E-state index contributed by atoms with van der Waals surface area (Å²) in [6, 6.07) is 3.66. The average Bonchev–Trinajstić information content (AvgIpc) is 2.30. The predicted octanol–water partition coefficient (Wildman–Crippen LogP) is 3.24. The molecule has 0 aromatic heterocycles. The molecule has 0 aliphatic heterocycles. The Morgan fingerprint density at radius 3 is 2.62 bits per heavy atom. The third kappa shape index (κ3) is 2.98. The lowest BCUT2D eigenvalue weighted by Crippen LogP contribution is -2.45. The SMILES string of the molecule is CC1CCCC(NC2CCCCC2C#N)C1. The Kier molecular flexibility index (Phi) is 4.23. The van der Waals surface area contributed by atoms with E-state index >= 15 is 0 Å². The van der Waals surface area contributed by atoms with Gasteiger partial charge < -0.3 is 5.32 Å². The van der Waals surface area contributed by atoms with E-state index in [1.54, 1.807) is 0 Å². The van der Waals surface area contributed by atoms with E-state index in [0.29, 0.717) is 12.1 Å². The predicted molar refractivity (Wildman–Crippen MR) is 65.9 cm³/mol. The van der Waals surface area contributed by atoms with Crippen molar-refractivity contribution in [1.82, 2.24) is 5.32 Å². The number of nitrogens with zero attached hydrogens (tertiary/aromatic N) is 1. The van der Waals surface area contributed by atoms with Crippen LogP contribution >= 0.6 is 0 Å². The zero-order chi connectivity index (χ0) is 11.4. The summed E-state index contributed by atoms with van der Waals surface area (Å²) >= 11 is 0. The highest BCUT2D eigenvalue weighted by molar-refractivity contribution is 4.96. The maximum Gasteiger partial charge on any atom is 0.0672 e. The van der Waals surface area contributed by atoms with Gasteiger partial charge in [-0.3, -0.25) is 0 Å². The lowest BCUT2D eigenvalue weighted by Gasteiger charge is -2.35. The van der Waals surface area contributed by atoms with Crippen molar-refractivity contribution >= 4 is 0 Å². The normalized spacial score (nSPS) is 40.2. The van der Waals surface area contributed by atoms with Crippen LogP contribution in [0.1, 0.15) is 58.3 Å². The van der Waals surface area contributed by atoms with E-state index in [0.717, 1.165) is 12.3 Å². The molecule has 1 N–H and O–H groups in total. The second-order valence-electron chi connectivity index (χ2n) is 5.76. The Morgan fingerprint density at radius 1 is 1.06 bits per heavy atom. The Labute approximate surface area is 99.4 Å². The van der Waals surface area contributed by atoms with Gasteiger partial charge in [0.15, 0.2) is 0 Å². The smallest absolute Gasteiger partial charge is 0.0672 e. The second kappa shape index (κ2) is 5.68. The number of hydrogen-bond donors (Lipinski definition) is 1. The molecular formula is C14H24N2. The van der Waals surface area contributed by atoms with Gasteiger partial charge in [0.05, 0.1) is 12.0 Å². The molecule has 0 aromatic rings. The van der Waals surface area contributed by atoms with E-state index in [-0.39, 0.29) is 5.92 Å². The molecule has 2 aliphatic rings. The molecule has 90 valence electrons. The third-order valence-corrected chi connectivity index (χ3v) is 4.32. The summed E-state index contributed by atoms with van der Waals surface area (Å²) in [5.74, 6) is 1.14. The number of rotatable bonds is 2. The number of hydrogen-bond acceptors (Lipinski definition) is 2. The maximum absolute atomic E-state index is 9.15. The van der Waals surface area contributed by atoms with Gasteiger partial charge in [0.1, 0.15) is 0 Å². The topological polar surface area (TPSA) is 35.8 Å². The largest absolute Gasteiger partial charge is 0.310 e. The molecule has 2 saturated carbocycles. The van der Waals surface area contributed by atoms with E-state index in [9.17, 15) is 0 Å². The van der Waals surface area contributed by atoms with Crippen LogP contribution in [-0.2, 0) is 0 Å². The first-order chi connectivity index (χ1) is 7.79. The second-order valence-corrected chi connectivity index (χ2v) is 5.76. The fourth-order valence-corrected chi connectivity index (χ4v) is 3.37. The van der Waals surface area contributed by atoms with Crippen LogP contribution in [0.2, 0.25) is 0 Å². The van der Waals surface area contributed by atoms with E-state index in [1.807, 2.05) is 0 Å². The molecule has 0 bridgehead atoms. The number of nitrogens with one attached hydrogen (secondary N) is 1. The Bertz CT molecular complexity index is 256. The lowest BCUT2D eigenvalue weighted by molar-refractivity contribution is 0.231. The molecule has 0 amide bonds. The van der Waals surface area contributed by atoms with Gasteiger partial charge in [0.2, 0.25) is 0 Å². The standard InChI is InChI=1S/C14H24N2/c1-11-5-4-7-13(9-11)16-14-8-3-2-6-12(14)10-15/h11-14,16H,2-9H2,1H3. The van der Waals surface area contributed by atoms with Crippen molar-refractivity contribution in [3.63, 3.8) is 0 Å². The fraction of sp³-hybridized carbons (Fsp3) is 0.929. The Balaban J connectivity index is 1.85. The summed E-state index contributed by atoms with van der Waals surface area (Å²) in [5, 5.41) is 12.9. The van der Waals surface area contributed by atoms with Crippen LogP contribution < -0.4 is 5.32 Å². The molecule has 2 rings (SSSR count). The molecule has 2 heteroatoms. The summed E-state index contributed by atoms with van der Waals surface area (Å²) in [6.07, 6.45) is 10.3. The van der Waals surface area contributed by atoms with Gasteiger partial charge in [-0.2, -0.15) is 5.26 Å². The minimum atomic E-state index is 0.269. The highest BCUT2D eigenvalue weighted by Crippen LogP contribution is 2.28. The molecule has 0 aromatic carbocycles. The van der Waals surface area contributed by atoms with Crippen molar-refractivity contribution < 1.29 is 0 Å². The van der Waals surface area contributed by atoms with Crippen LogP contribution in [-0.4, -0.2) is 12.1 Å². The van der Waals surface area contributed by atoms with Crippen LogP contribution in [0, 0.1) is 23.2 Å². The van der Waals surface area contributed by atoms with Crippen molar-refractivity contribution in [1.29, 1.82) is 5.26 Å². The van der Waals surface area contributed by atoms with Gasteiger partial charge in [0.25, 0.3) is 0 Å². The van der Waals surface area contributed by atoms with Gasteiger partial charge in [0, 0.05) is 12.1 Å². The van der Waals surface area contributed by atoms with Gasteiger partial charge >= 0.3 is 0 Å². The van der Waals surface area contributed by atoms with Crippen molar-refractivity contribution in [2.45, 2.75) is 70.4 Å². The van der Waals surface area contributed by atoms with Crippen LogP contribution in [0.3, 0.4) is 0 Å². The van der Waals surface area contributed by atoms with E-state index in [4.69, 9.17) is 5.26 Å². The molecule has 4 unspecified atom stereocenters. The minimum absolute atomic E-state index is 0.269. The molecular weight excluding hydrogens is 196 g/mol. The van der Waals surface area contributed by atoms with E-state index < -0.39 is 0 Å². The molecule has 0 spiro atoms. The van der Waals surface area contributed by atoms with Crippen LogP contribution in [0.4, 0.5) is 0 Å². The third-order valence-electron chi connectivity index (χ3n) is 4.32. The minimum Gasteiger partial charge on any atom is -0.310 e. The zero-order valence-electron chi connectivity index (χ0n) is 10.4. The summed E-state index contributed by atoms with van der Waals surface area (Å²) < 4.78 is 0. The Hall–Kier alpha value is -0.550. The quantitative estimate of drug-likeness (QED) is 0.775. The first-order valence-corrected chi connectivity index (χ1v) is 6.95. The highest BCUT2D eigenvalue weighted by Gasteiger charge is 2.28. The monoisotopic (exact) mass is 220 g/mol. The molecule has 0 radical (unpaired) electrons. The van der Waals surface area contributed by atoms with Crippen LogP contribution in [0.5, 0.6) is 0 Å². The maximum atomic E-state index is 9.15. The van der Waals surface area contributed by atoms with Crippen molar-refractivity contribution in [2.24, 2.45) is 11.8 Å². The van der Waals surface area contributed by atoms with Gasteiger partial charge in [-0.05, 0) is 31.6 Å². The summed E-state index contributed by atoms with van der Waals surface area (Å²) in [7, 11) is 0. The Morgan fingerprint density at radius 2 is 1.88 bits per heavy atom. The lowest BCUT2D eigenvalue weighted by atomic mass is 9.82. The molecule has 2 aliphatic carbocycles. The summed E-state index contributed by atoms with van der Waals surface area (Å²) in [4.78, 5) is 0. The molecule has 16 heavy (non-hydrogen) atoms. The zero-order valence-corrected chi connectivity index (χ0v) is 10.4. The molecule has 0 heterocycles. The highest BCUT2D eigenvalue weighted by atomic mass is 15.0. The van der Waals surface area contributed by atoms with Gasteiger partial charge in [-0.25, -0.2) is 0 Å². The van der Waals surface area contributed by atoms with Crippen molar-refractivity contribution in [3.05, 3.63) is 0 Å². The van der Waals surface area contributed by atoms with Gasteiger partial charge in [-0.15, -0.1) is 0 Å². The molecule has 0 saturated heterocycles. The van der Waals surface area contributed by atoms with E-state index in [1.165, 1.54) is 44.9 Å². The molecule has 2 nitrogen and oxygen atoms in total. The molecule has 4 atom stereocenters. The number of nitriles is 1. The summed E-state index contributed by atoms with van der Waals surface area (Å²) in [5.41, 5.74) is 0. The average molecular weight is 220 g/mol. The van der Waals surface area contributed by atoms with E-state index in [2.05, 4.69) is 18.3 Å². The van der Waals surface area contributed by atoms with Gasteiger partial charge in [-0.1, -0.05) is 32.6 Å². The first kappa shape index (κ1) is 11.9. The fourth-order valence-electron chi connectivity index (χ4n) is 3.37. The van der Waals surface area contributed by atoms with Crippen molar-refractivity contribution in [3.8, 4) is 6.07 Å². The molecule has 2 fully saturated rings. The first-order valence-electron chi connectivity index (χ1n) is 6.95. The van der Waals surface area contributed by atoms with Crippen LogP contribution in [0.25, 0.3) is 0 Å². The summed E-state index contributed by atoms with van der Waals surface area (Å²) in [6.45, 7) is 2.36. The van der Waals surface area contributed by atoms with Crippen LogP contribution in [0.15, 0.2) is 0 Å².